The zero-order valence-electron chi connectivity index (χ0n) is 21.9. The Balaban J connectivity index is 2.51. The number of esters is 1. The van der Waals surface area contributed by atoms with E-state index in [0.29, 0.717) is 12.2 Å². The normalized spacial score (nSPS) is 13.1. The predicted octanol–water partition coefficient (Wildman–Crippen LogP) is 9.69. The van der Waals surface area contributed by atoms with E-state index in [1.54, 1.807) is 0 Å². The predicted molar refractivity (Wildman–Crippen MR) is 139 cm³/mol. The largest absolute Gasteiger partial charge is 0.462 e. The molecule has 0 bridgehead atoms. The smallest absolute Gasteiger partial charge is 0.338 e. The topological polar surface area (TPSA) is 26.3 Å². The molecule has 32 heavy (non-hydrogen) atoms. The van der Waals surface area contributed by atoms with Gasteiger partial charge in [-0.3, -0.25) is 0 Å². The Morgan fingerprint density at radius 1 is 0.688 bits per heavy atom. The summed E-state index contributed by atoms with van der Waals surface area (Å²) in [5.41, 5.74) is 2.12. The lowest BCUT2D eigenvalue weighted by Gasteiger charge is -2.29. The van der Waals surface area contributed by atoms with Crippen LogP contribution < -0.4 is 0 Å². The first-order chi connectivity index (χ1) is 15.5. The highest BCUT2D eigenvalue weighted by Gasteiger charge is 2.26. The maximum absolute atomic E-state index is 12.7. The molecule has 0 aliphatic heterocycles. The van der Waals surface area contributed by atoms with Crippen LogP contribution in [0.25, 0.3) is 0 Å². The van der Waals surface area contributed by atoms with Gasteiger partial charge in [-0.25, -0.2) is 4.79 Å². The van der Waals surface area contributed by atoms with Crippen LogP contribution in [0.3, 0.4) is 0 Å². The summed E-state index contributed by atoms with van der Waals surface area (Å²) < 4.78 is 5.86. The summed E-state index contributed by atoms with van der Waals surface area (Å²) in [4.78, 5) is 12.7. The second-order valence-corrected chi connectivity index (χ2v) is 10.2. The SMILES string of the molecule is CCCCCCCCC(C)(CCCCCC)COC(=O)c1ccc(CCCCCC)cc1. The summed E-state index contributed by atoms with van der Waals surface area (Å²) in [7, 11) is 0. The Hall–Kier alpha value is -1.31. The van der Waals surface area contributed by atoms with Crippen molar-refractivity contribution in [2.75, 3.05) is 6.61 Å². The highest BCUT2D eigenvalue weighted by molar-refractivity contribution is 5.89. The van der Waals surface area contributed by atoms with Gasteiger partial charge in [-0.15, -0.1) is 0 Å². The van der Waals surface area contributed by atoms with Gasteiger partial charge >= 0.3 is 5.97 Å². The molecule has 0 heterocycles. The van der Waals surface area contributed by atoms with Gasteiger partial charge in [0.05, 0.1) is 12.2 Å². The van der Waals surface area contributed by atoms with Crippen molar-refractivity contribution in [2.24, 2.45) is 5.41 Å². The lowest BCUT2D eigenvalue weighted by atomic mass is 9.80. The van der Waals surface area contributed by atoms with Gasteiger partial charge in [-0.05, 0) is 43.4 Å². The summed E-state index contributed by atoms with van der Waals surface area (Å²) in [6.07, 6.45) is 21.5. The zero-order valence-corrected chi connectivity index (χ0v) is 21.9. The summed E-state index contributed by atoms with van der Waals surface area (Å²) in [5, 5.41) is 0. The average molecular weight is 445 g/mol. The molecule has 1 aromatic rings. The third-order valence-corrected chi connectivity index (χ3v) is 6.83. The second-order valence-electron chi connectivity index (χ2n) is 10.2. The van der Waals surface area contributed by atoms with Gasteiger partial charge in [0, 0.05) is 5.41 Å². The molecule has 0 amide bonds. The van der Waals surface area contributed by atoms with E-state index in [4.69, 9.17) is 4.74 Å². The molecule has 2 heteroatoms. The van der Waals surface area contributed by atoms with Crippen molar-refractivity contribution in [3.8, 4) is 0 Å². The molecular weight excluding hydrogens is 392 g/mol. The van der Waals surface area contributed by atoms with Crippen molar-refractivity contribution in [2.45, 2.75) is 137 Å². The minimum Gasteiger partial charge on any atom is -0.462 e. The van der Waals surface area contributed by atoms with Crippen LogP contribution in [0.5, 0.6) is 0 Å². The Morgan fingerprint density at radius 3 is 1.72 bits per heavy atom. The molecule has 0 radical (unpaired) electrons. The van der Waals surface area contributed by atoms with Gasteiger partial charge in [-0.2, -0.15) is 0 Å². The molecule has 184 valence electrons. The maximum atomic E-state index is 12.7. The summed E-state index contributed by atoms with van der Waals surface area (Å²) in [5.74, 6) is -0.162. The number of rotatable bonds is 20. The van der Waals surface area contributed by atoms with Crippen LogP contribution >= 0.6 is 0 Å². The lowest BCUT2D eigenvalue weighted by molar-refractivity contribution is 0.0264. The highest BCUT2D eigenvalue weighted by Crippen LogP contribution is 2.32. The van der Waals surface area contributed by atoms with Crippen molar-refractivity contribution in [1.29, 1.82) is 0 Å². The van der Waals surface area contributed by atoms with Crippen molar-refractivity contribution in [1.82, 2.24) is 0 Å². The van der Waals surface area contributed by atoms with E-state index >= 15 is 0 Å². The molecule has 0 N–H and O–H groups in total. The van der Waals surface area contributed by atoms with E-state index in [9.17, 15) is 4.79 Å². The van der Waals surface area contributed by atoms with Crippen LogP contribution in [0.15, 0.2) is 24.3 Å². The number of carbonyl (C=O) groups is 1. The van der Waals surface area contributed by atoms with Crippen molar-refractivity contribution in [3.05, 3.63) is 35.4 Å². The van der Waals surface area contributed by atoms with Crippen LogP contribution in [0.2, 0.25) is 0 Å². The Bertz CT molecular complexity index is 577. The van der Waals surface area contributed by atoms with Crippen LogP contribution in [0, 0.1) is 5.41 Å². The number of carbonyl (C=O) groups excluding carboxylic acids is 1. The molecule has 0 aliphatic carbocycles. The van der Waals surface area contributed by atoms with E-state index in [1.165, 1.54) is 95.5 Å². The highest BCUT2D eigenvalue weighted by atomic mass is 16.5. The monoisotopic (exact) mass is 444 g/mol. The van der Waals surface area contributed by atoms with Gasteiger partial charge in [-0.1, -0.05) is 123 Å². The fourth-order valence-electron chi connectivity index (χ4n) is 4.47. The zero-order chi connectivity index (χ0) is 23.5. The van der Waals surface area contributed by atoms with Crippen LogP contribution in [0.4, 0.5) is 0 Å². The fraction of sp³-hybridized carbons (Fsp3) is 0.767. The molecule has 1 rings (SSSR count). The van der Waals surface area contributed by atoms with E-state index in [0.717, 1.165) is 19.3 Å². The number of hydrogen-bond donors (Lipinski definition) is 0. The first-order valence-electron chi connectivity index (χ1n) is 13.8. The van der Waals surface area contributed by atoms with Crippen molar-refractivity contribution in [3.63, 3.8) is 0 Å². The van der Waals surface area contributed by atoms with Crippen LogP contribution in [-0.2, 0) is 11.2 Å². The molecule has 0 saturated carbocycles. The van der Waals surface area contributed by atoms with E-state index in [1.807, 2.05) is 12.1 Å². The van der Waals surface area contributed by atoms with Crippen LogP contribution in [-0.4, -0.2) is 12.6 Å². The summed E-state index contributed by atoms with van der Waals surface area (Å²) in [6.45, 7) is 9.64. The van der Waals surface area contributed by atoms with E-state index < -0.39 is 0 Å². The molecule has 1 aromatic carbocycles. The second kappa shape index (κ2) is 18.2. The van der Waals surface area contributed by atoms with Gasteiger partial charge in [0.2, 0.25) is 0 Å². The molecule has 1 atom stereocenters. The minimum atomic E-state index is -0.162. The lowest BCUT2D eigenvalue weighted by Crippen LogP contribution is -2.25. The van der Waals surface area contributed by atoms with Crippen molar-refractivity contribution < 1.29 is 9.53 Å². The quantitative estimate of drug-likeness (QED) is 0.148. The molecular formula is C30H52O2. The number of hydrogen-bond acceptors (Lipinski definition) is 2. The number of aryl methyl sites for hydroxylation is 1. The average Bonchev–Trinajstić information content (AvgIpc) is 2.81. The van der Waals surface area contributed by atoms with Crippen LogP contribution in [0.1, 0.15) is 146 Å². The van der Waals surface area contributed by atoms with Gasteiger partial charge in [0.25, 0.3) is 0 Å². The molecule has 0 aromatic heterocycles. The van der Waals surface area contributed by atoms with Gasteiger partial charge < -0.3 is 4.74 Å². The Kier molecular flexibility index (Phi) is 16.3. The Morgan fingerprint density at radius 2 is 1.16 bits per heavy atom. The first kappa shape index (κ1) is 28.7. The molecule has 0 aliphatic rings. The third-order valence-electron chi connectivity index (χ3n) is 6.83. The maximum Gasteiger partial charge on any atom is 0.338 e. The fourth-order valence-corrected chi connectivity index (χ4v) is 4.47. The third kappa shape index (κ3) is 13.3. The molecule has 0 fully saturated rings. The first-order valence-corrected chi connectivity index (χ1v) is 13.8. The summed E-state index contributed by atoms with van der Waals surface area (Å²) in [6, 6.07) is 8.10. The number of benzene rings is 1. The Labute approximate surface area is 199 Å². The van der Waals surface area contributed by atoms with E-state index in [2.05, 4.69) is 39.8 Å². The number of unbranched alkanes of at least 4 members (excludes halogenated alkanes) is 11. The molecule has 0 saturated heterocycles. The number of ether oxygens (including phenoxy) is 1. The molecule has 2 nitrogen and oxygen atoms in total. The van der Waals surface area contributed by atoms with E-state index in [-0.39, 0.29) is 11.4 Å². The van der Waals surface area contributed by atoms with Gasteiger partial charge in [0.15, 0.2) is 0 Å². The van der Waals surface area contributed by atoms with Crippen molar-refractivity contribution >= 4 is 5.97 Å². The summed E-state index contributed by atoms with van der Waals surface area (Å²) >= 11 is 0. The minimum absolute atomic E-state index is 0.105. The molecule has 0 spiro atoms. The standard InChI is InChI=1S/C30H52O2/c1-5-8-11-14-15-18-25-30(4,24-17-13-10-7-3)26-32-29(31)28-22-20-27(21-23-28)19-16-12-9-6-2/h20-23H,5-19,24-26H2,1-4H3. The molecule has 1 unspecified atom stereocenters. The van der Waals surface area contributed by atoms with Gasteiger partial charge in [0.1, 0.15) is 0 Å².